The molecule has 0 amide bonds. The summed E-state index contributed by atoms with van der Waals surface area (Å²) in [4.78, 5) is 8.26. The second-order valence-corrected chi connectivity index (χ2v) is 4.21. The summed E-state index contributed by atoms with van der Waals surface area (Å²) in [6.45, 7) is 1.88. The summed E-state index contributed by atoms with van der Waals surface area (Å²) in [6.07, 6.45) is 3.34. The molecule has 2 rings (SSSR count). The van der Waals surface area contributed by atoms with Gasteiger partial charge in [0.25, 0.3) is 0 Å². The summed E-state index contributed by atoms with van der Waals surface area (Å²) in [5, 5.41) is 13.9. The molecule has 1 atom stereocenters. The predicted molar refractivity (Wildman–Crippen MR) is 59.8 cm³/mol. The van der Waals surface area contributed by atoms with E-state index in [9.17, 15) is 5.11 Å². The molecule has 2 heterocycles. The number of thiophene rings is 1. The first-order valence-corrected chi connectivity index (χ1v) is 5.67. The van der Waals surface area contributed by atoms with Gasteiger partial charge in [-0.15, -0.1) is 0 Å². The molecule has 2 aromatic rings. The van der Waals surface area contributed by atoms with Gasteiger partial charge in [-0.3, -0.25) is 9.97 Å². The molecule has 3 nitrogen and oxygen atoms in total. The van der Waals surface area contributed by atoms with Gasteiger partial charge in [-0.05, 0) is 29.3 Å². The molecule has 0 aliphatic rings. The zero-order valence-electron chi connectivity index (χ0n) is 8.42. The number of aromatic nitrogens is 2. The Labute approximate surface area is 92.5 Å². The number of hydrogen-bond donors (Lipinski definition) is 1. The van der Waals surface area contributed by atoms with Gasteiger partial charge in [-0.1, -0.05) is 0 Å². The van der Waals surface area contributed by atoms with Crippen LogP contribution in [-0.4, -0.2) is 15.1 Å². The largest absolute Gasteiger partial charge is 0.386 e. The molecule has 0 saturated carbocycles. The fraction of sp³-hybridized carbons (Fsp3) is 0.273. The van der Waals surface area contributed by atoms with Crippen LogP contribution in [0.15, 0.2) is 29.2 Å². The van der Waals surface area contributed by atoms with Crippen molar-refractivity contribution in [2.24, 2.45) is 0 Å². The van der Waals surface area contributed by atoms with E-state index in [0.717, 1.165) is 11.3 Å². The molecule has 0 saturated heterocycles. The number of aliphatic hydroxyl groups is 1. The number of nitrogens with zero attached hydrogens (tertiary/aromatic N) is 2. The van der Waals surface area contributed by atoms with Crippen molar-refractivity contribution in [1.82, 2.24) is 9.97 Å². The maximum absolute atomic E-state index is 9.89. The Balaban J connectivity index is 2.08. The minimum absolute atomic E-state index is 0.562. The first-order chi connectivity index (χ1) is 7.25. The van der Waals surface area contributed by atoms with Crippen molar-refractivity contribution in [2.75, 3.05) is 0 Å². The quantitative estimate of drug-likeness (QED) is 0.861. The number of aliphatic hydroxyl groups excluding tert-OH is 1. The van der Waals surface area contributed by atoms with Gasteiger partial charge in [0.1, 0.15) is 6.10 Å². The van der Waals surface area contributed by atoms with Crippen molar-refractivity contribution in [1.29, 1.82) is 0 Å². The summed E-state index contributed by atoms with van der Waals surface area (Å²) in [6, 6.07) is 2.01. The highest BCUT2D eigenvalue weighted by molar-refractivity contribution is 7.07. The Morgan fingerprint density at radius 2 is 2.27 bits per heavy atom. The lowest BCUT2D eigenvalue weighted by molar-refractivity contribution is 0.173. The van der Waals surface area contributed by atoms with Crippen LogP contribution in [0, 0.1) is 6.92 Å². The van der Waals surface area contributed by atoms with Crippen LogP contribution >= 0.6 is 11.3 Å². The van der Waals surface area contributed by atoms with Crippen molar-refractivity contribution in [2.45, 2.75) is 19.4 Å². The van der Waals surface area contributed by atoms with E-state index in [1.54, 1.807) is 23.7 Å². The lowest BCUT2D eigenvalue weighted by Crippen LogP contribution is -2.04. The van der Waals surface area contributed by atoms with E-state index in [-0.39, 0.29) is 0 Å². The van der Waals surface area contributed by atoms with E-state index < -0.39 is 6.10 Å². The van der Waals surface area contributed by atoms with Gasteiger partial charge in [0.15, 0.2) is 0 Å². The van der Waals surface area contributed by atoms with Crippen LogP contribution in [0.3, 0.4) is 0 Å². The van der Waals surface area contributed by atoms with Crippen LogP contribution in [-0.2, 0) is 6.42 Å². The normalized spacial score (nSPS) is 12.7. The van der Waals surface area contributed by atoms with E-state index in [4.69, 9.17) is 0 Å². The molecule has 0 bridgehead atoms. The zero-order chi connectivity index (χ0) is 10.7. The summed E-state index contributed by atoms with van der Waals surface area (Å²) < 4.78 is 0. The van der Waals surface area contributed by atoms with Crippen LogP contribution in [0.5, 0.6) is 0 Å². The van der Waals surface area contributed by atoms with Gasteiger partial charge in [0.2, 0.25) is 0 Å². The monoisotopic (exact) mass is 220 g/mol. The van der Waals surface area contributed by atoms with Crippen LogP contribution < -0.4 is 0 Å². The second-order valence-electron chi connectivity index (χ2n) is 3.43. The third kappa shape index (κ3) is 2.61. The minimum atomic E-state index is -0.562. The second kappa shape index (κ2) is 4.51. The summed E-state index contributed by atoms with van der Waals surface area (Å²) >= 11 is 1.63. The van der Waals surface area contributed by atoms with Gasteiger partial charge in [-0.2, -0.15) is 11.3 Å². The van der Waals surface area contributed by atoms with E-state index >= 15 is 0 Å². The Hall–Kier alpha value is -1.26. The maximum Gasteiger partial charge on any atom is 0.102 e. The molecule has 2 aromatic heterocycles. The summed E-state index contributed by atoms with van der Waals surface area (Å²) in [5.41, 5.74) is 2.63. The molecule has 1 N–H and O–H groups in total. The zero-order valence-corrected chi connectivity index (χ0v) is 9.24. The smallest absolute Gasteiger partial charge is 0.102 e. The SMILES string of the molecule is Cc1cnc(C(O)Cc2ccsc2)cn1. The Bertz CT molecular complexity index is 411. The van der Waals surface area contributed by atoms with Gasteiger partial charge in [0.05, 0.1) is 17.6 Å². The molecule has 78 valence electrons. The highest BCUT2D eigenvalue weighted by Gasteiger charge is 2.10. The van der Waals surface area contributed by atoms with Gasteiger partial charge < -0.3 is 5.11 Å². The van der Waals surface area contributed by atoms with Crippen LogP contribution in [0.25, 0.3) is 0 Å². The Morgan fingerprint density at radius 1 is 1.40 bits per heavy atom. The van der Waals surface area contributed by atoms with E-state index in [0.29, 0.717) is 12.1 Å². The lowest BCUT2D eigenvalue weighted by atomic mass is 10.1. The molecule has 0 aromatic carbocycles. The summed E-state index contributed by atoms with van der Waals surface area (Å²) in [7, 11) is 0. The fourth-order valence-corrected chi connectivity index (χ4v) is 1.99. The molecule has 15 heavy (non-hydrogen) atoms. The van der Waals surface area contributed by atoms with Gasteiger partial charge in [0, 0.05) is 12.6 Å². The van der Waals surface area contributed by atoms with Gasteiger partial charge in [-0.25, -0.2) is 0 Å². The maximum atomic E-state index is 9.89. The predicted octanol–water partition coefficient (Wildman–Crippen LogP) is 2.12. The average molecular weight is 220 g/mol. The van der Waals surface area contributed by atoms with E-state index in [2.05, 4.69) is 9.97 Å². The number of aryl methyl sites for hydroxylation is 1. The van der Waals surface area contributed by atoms with Crippen molar-refractivity contribution in [3.8, 4) is 0 Å². The summed E-state index contributed by atoms with van der Waals surface area (Å²) in [5.74, 6) is 0. The topological polar surface area (TPSA) is 46.0 Å². The van der Waals surface area contributed by atoms with Crippen molar-refractivity contribution in [3.05, 3.63) is 46.2 Å². The van der Waals surface area contributed by atoms with Crippen molar-refractivity contribution in [3.63, 3.8) is 0 Å². The van der Waals surface area contributed by atoms with Crippen LogP contribution in [0.4, 0.5) is 0 Å². The molecule has 0 spiro atoms. The molecular weight excluding hydrogens is 208 g/mol. The minimum Gasteiger partial charge on any atom is -0.386 e. The molecule has 0 aliphatic heterocycles. The molecule has 0 radical (unpaired) electrons. The first kappa shape index (κ1) is 10.3. The number of rotatable bonds is 3. The molecule has 0 aliphatic carbocycles. The van der Waals surface area contributed by atoms with E-state index in [1.165, 1.54) is 0 Å². The third-order valence-corrected chi connectivity index (χ3v) is 2.88. The highest BCUT2D eigenvalue weighted by atomic mass is 32.1. The number of hydrogen-bond acceptors (Lipinski definition) is 4. The first-order valence-electron chi connectivity index (χ1n) is 4.73. The molecular formula is C11H12N2OS. The Morgan fingerprint density at radius 3 is 2.87 bits per heavy atom. The van der Waals surface area contributed by atoms with Crippen molar-refractivity contribution < 1.29 is 5.11 Å². The molecule has 1 unspecified atom stereocenters. The molecule has 4 heteroatoms. The average Bonchev–Trinajstić information content (AvgIpc) is 2.71. The lowest BCUT2D eigenvalue weighted by Gasteiger charge is -2.08. The molecule has 0 fully saturated rings. The highest BCUT2D eigenvalue weighted by Crippen LogP contribution is 2.17. The van der Waals surface area contributed by atoms with Crippen LogP contribution in [0.1, 0.15) is 23.1 Å². The standard InChI is InChI=1S/C11H12N2OS/c1-8-5-13-10(6-12-8)11(14)4-9-2-3-15-7-9/h2-3,5-7,11,14H,4H2,1H3. The van der Waals surface area contributed by atoms with E-state index in [1.807, 2.05) is 23.8 Å². The Kier molecular flexibility index (Phi) is 3.08. The van der Waals surface area contributed by atoms with Gasteiger partial charge >= 0.3 is 0 Å². The van der Waals surface area contributed by atoms with Crippen molar-refractivity contribution >= 4 is 11.3 Å². The fourth-order valence-electron chi connectivity index (χ4n) is 1.31. The third-order valence-electron chi connectivity index (χ3n) is 2.15. The van der Waals surface area contributed by atoms with Crippen LogP contribution in [0.2, 0.25) is 0 Å².